The number of imide groups is 1. The summed E-state index contributed by atoms with van der Waals surface area (Å²) in [6.45, 7) is 6.32. The van der Waals surface area contributed by atoms with Crippen LogP contribution in [0.25, 0.3) is 11.4 Å². The molecule has 0 radical (unpaired) electrons. The maximum absolute atomic E-state index is 12.3. The molecule has 1 N–H and O–H groups in total. The molecule has 29 heavy (non-hydrogen) atoms. The lowest BCUT2D eigenvalue weighted by molar-refractivity contribution is -0.117. The Morgan fingerprint density at radius 3 is 2.31 bits per heavy atom. The van der Waals surface area contributed by atoms with Crippen molar-refractivity contribution < 1.29 is 9.59 Å². The number of aromatic nitrogens is 4. The van der Waals surface area contributed by atoms with Crippen molar-refractivity contribution >= 4 is 23.6 Å². The molecule has 0 atom stereocenters. The van der Waals surface area contributed by atoms with Gasteiger partial charge in [-0.05, 0) is 35.2 Å². The summed E-state index contributed by atoms with van der Waals surface area (Å²) in [5, 5.41) is 11.3. The number of thioether (sulfide) groups is 1. The van der Waals surface area contributed by atoms with Gasteiger partial charge in [-0.2, -0.15) is 0 Å². The van der Waals surface area contributed by atoms with Crippen molar-refractivity contribution in [1.82, 2.24) is 25.1 Å². The molecule has 0 saturated heterocycles. The smallest absolute Gasteiger partial charge is 0.257 e. The molecule has 2 heterocycles. The lowest BCUT2D eigenvalue weighted by Crippen LogP contribution is -2.32. The van der Waals surface area contributed by atoms with Crippen LogP contribution >= 0.6 is 11.8 Å². The molecule has 1 aromatic carbocycles. The number of rotatable bonds is 5. The SMILES string of the molecule is Cn1c(SCC(=O)NC(=O)c2ccc(C(C)(C)C)cc2)nnc1-c1ccncc1. The van der Waals surface area contributed by atoms with Crippen molar-refractivity contribution in [1.29, 1.82) is 0 Å². The zero-order valence-electron chi connectivity index (χ0n) is 16.8. The third-order valence-electron chi connectivity index (χ3n) is 4.37. The van der Waals surface area contributed by atoms with E-state index >= 15 is 0 Å². The van der Waals surface area contributed by atoms with Gasteiger partial charge in [0.25, 0.3) is 5.91 Å². The number of carbonyl (C=O) groups is 2. The van der Waals surface area contributed by atoms with E-state index in [1.54, 1.807) is 29.1 Å². The molecule has 8 heteroatoms. The lowest BCUT2D eigenvalue weighted by atomic mass is 9.87. The fraction of sp³-hybridized carbons (Fsp3) is 0.286. The fourth-order valence-corrected chi connectivity index (χ4v) is 3.39. The summed E-state index contributed by atoms with van der Waals surface area (Å²) >= 11 is 1.22. The van der Waals surface area contributed by atoms with Crippen LogP contribution in [-0.2, 0) is 17.3 Å². The first-order chi connectivity index (χ1) is 13.8. The van der Waals surface area contributed by atoms with Gasteiger partial charge in [0.2, 0.25) is 5.91 Å². The van der Waals surface area contributed by atoms with E-state index in [4.69, 9.17) is 0 Å². The van der Waals surface area contributed by atoms with E-state index in [0.717, 1.165) is 11.1 Å². The van der Waals surface area contributed by atoms with Crippen LogP contribution in [0.15, 0.2) is 53.9 Å². The van der Waals surface area contributed by atoms with Gasteiger partial charge in [-0.25, -0.2) is 0 Å². The second kappa shape index (κ2) is 8.57. The monoisotopic (exact) mass is 409 g/mol. The van der Waals surface area contributed by atoms with Gasteiger partial charge in [0.05, 0.1) is 5.75 Å². The summed E-state index contributed by atoms with van der Waals surface area (Å²) in [7, 11) is 1.83. The Kier molecular flexibility index (Phi) is 6.12. The minimum Gasteiger partial charge on any atom is -0.305 e. The summed E-state index contributed by atoms with van der Waals surface area (Å²) < 4.78 is 1.81. The molecule has 0 spiro atoms. The van der Waals surface area contributed by atoms with Crippen molar-refractivity contribution in [2.45, 2.75) is 31.3 Å². The van der Waals surface area contributed by atoms with Gasteiger partial charge in [-0.3, -0.25) is 19.9 Å². The molecule has 0 aliphatic carbocycles. The van der Waals surface area contributed by atoms with Crippen molar-refractivity contribution in [2.24, 2.45) is 7.05 Å². The first kappa shape index (κ1) is 20.7. The second-order valence-electron chi connectivity index (χ2n) is 7.59. The van der Waals surface area contributed by atoms with Gasteiger partial charge in [0.1, 0.15) is 0 Å². The highest BCUT2D eigenvalue weighted by molar-refractivity contribution is 7.99. The lowest BCUT2D eigenvalue weighted by Gasteiger charge is -2.18. The molecule has 150 valence electrons. The van der Waals surface area contributed by atoms with E-state index in [0.29, 0.717) is 16.5 Å². The first-order valence-corrected chi connectivity index (χ1v) is 10.1. The van der Waals surface area contributed by atoms with Gasteiger partial charge < -0.3 is 4.57 Å². The highest BCUT2D eigenvalue weighted by Crippen LogP contribution is 2.23. The van der Waals surface area contributed by atoms with Gasteiger partial charge in [-0.15, -0.1) is 10.2 Å². The van der Waals surface area contributed by atoms with Crippen LogP contribution in [0.5, 0.6) is 0 Å². The van der Waals surface area contributed by atoms with Crippen LogP contribution < -0.4 is 5.32 Å². The first-order valence-electron chi connectivity index (χ1n) is 9.13. The quantitative estimate of drug-likeness (QED) is 0.651. The van der Waals surface area contributed by atoms with E-state index in [-0.39, 0.29) is 17.1 Å². The summed E-state index contributed by atoms with van der Waals surface area (Å²) in [5.41, 5.74) is 2.48. The number of pyridine rings is 1. The molecular weight excluding hydrogens is 386 g/mol. The maximum Gasteiger partial charge on any atom is 0.257 e. The molecule has 2 aromatic heterocycles. The van der Waals surface area contributed by atoms with Crippen LogP contribution in [0.2, 0.25) is 0 Å². The number of nitrogens with zero attached hydrogens (tertiary/aromatic N) is 4. The molecular formula is C21H23N5O2S. The van der Waals surface area contributed by atoms with Crippen LogP contribution in [0.4, 0.5) is 0 Å². The third-order valence-corrected chi connectivity index (χ3v) is 5.39. The van der Waals surface area contributed by atoms with Crippen molar-refractivity contribution in [3.63, 3.8) is 0 Å². The normalized spacial score (nSPS) is 11.3. The van der Waals surface area contributed by atoms with Gasteiger partial charge in [0, 0.05) is 30.6 Å². The Morgan fingerprint density at radius 2 is 1.69 bits per heavy atom. The Balaban J connectivity index is 1.58. The summed E-state index contributed by atoms with van der Waals surface area (Å²) in [6.07, 6.45) is 3.37. The van der Waals surface area contributed by atoms with Crippen molar-refractivity contribution in [3.8, 4) is 11.4 Å². The summed E-state index contributed by atoms with van der Waals surface area (Å²) in [5.74, 6) is -0.0427. The van der Waals surface area contributed by atoms with E-state index in [1.807, 2.05) is 31.3 Å². The minimum atomic E-state index is -0.411. The average Bonchev–Trinajstić information content (AvgIpc) is 3.07. The number of amides is 2. The van der Waals surface area contributed by atoms with Crippen LogP contribution in [-0.4, -0.2) is 37.3 Å². The van der Waals surface area contributed by atoms with Crippen LogP contribution in [0.3, 0.4) is 0 Å². The van der Waals surface area contributed by atoms with Crippen molar-refractivity contribution in [3.05, 3.63) is 59.9 Å². The molecule has 0 saturated carbocycles. The van der Waals surface area contributed by atoms with E-state index in [1.165, 1.54) is 11.8 Å². The number of nitrogens with one attached hydrogen (secondary N) is 1. The molecule has 0 fully saturated rings. The Bertz CT molecular complexity index is 1010. The molecule has 7 nitrogen and oxygen atoms in total. The standard InChI is InChI=1S/C21H23N5O2S/c1-21(2,3)16-7-5-15(6-8-16)19(28)23-17(27)13-29-20-25-24-18(26(20)4)14-9-11-22-12-10-14/h5-12H,13H2,1-4H3,(H,23,27,28). The Morgan fingerprint density at radius 1 is 1.03 bits per heavy atom. The van der Waals surface area contributed by atoms with Gasteiger partial charge in [0.15, 0.2) is 11.0 Å². The van der Waals surface area contributed by atoms with Crippen LogP contribution in [0.1, 0.15) is 36.7 Å². The molecule has 0 bridgehead atoms. The number of hydrogen-bond acceptors (Lipinski definition) is 6. The van der Waals surface area contributed by atoms with E-state index < -0.39 is 5.91 Å². The number of carbonyl (C=O) groups excluding carboxylic acids is 2. The molecule has 2 amide bonds. The Hall–Kier alpha value is -3.00. The Labute approximate surface area is 174 Å². The topological polar surface area (TPSA) is 89.8 Å². The maximum atomic E-state index is 12.3. The highest BCUT2D eigenvalue weighted by atomic mass is 32.2. The third kappa shape index (κ3) is 5.08. The number of hydrogen-bond donors (Lipinski definition) is 1. The number of benzene rings is 1. The van der Waals surface area contributed by atoms with Crippen LogP contribution in [0, 0.1) is 0 Å². The average molecular weight is 410 g/mol. The largest absolute Gasteiger partial charge is 0.305 e. The predicted octanol–water partition coefficient (Wildman–Crippen LogP) is 3.22. The molecule has 3 rings (SSSR count). The zero-order valence-corrected chi connectivity index (χ0v) is 17.7. The molecule has 0 aliphatic heterocycles. The second-order valence-corrected chi connectivity index (χ2v) is 8.54. The highest BCUT2D eigenvalue weighted by Gasteiger charge is 2.17. The zero-order chi connectivity index (χ0) is 21.0. The van der Waals surface area contributed by atoms with Gasteiger partial charge >= 0.3 is 0 Å². The fourth-order valence-electron chi connectivity index (χ4n) is 2.68. The molecule has 0 aliphatic rings. The van der Waals surface area contributed by atoms with Crippen molar-refractivity contribution in [2.75, 3.05) is 5.75 Å². The minimum absolute atomic E-state index is 0.00663. The van der Waals surface area contributed by atoms with E-state index in [2.05, 4.69) is 41.3 Å². The summed E-state index contributed by atoms with van der Waals surface area (Å²) in [4.78, 5) is 28.5. The van der Waals surface area contributed by atoms with E-state index in [9.17, 15) is 9.59 Å². The molecule has 3 aromatic rings. The molecule has 0 unspecified atom stereocenters. The van der Waals surface area contributed by atoms with Gasteiger partial charge in [-0.1, -0.05) is 44.7 Å². The summed E-state index contributed by atoms with van der Waals surface area (Å²) in [6, 6.07) is 11.0. The predicted molar refractivity (Wildman–Crippen MR) is 113 cm³/mol.